The third-order valence-corrected chi connectivity index (χ3v) is 12.2. The Kier molecular flexibility index (Phi) is 9.78. The topological polar surface area (TPSA) is 44.9 Å². The maximum Gasteiger partial charge on any atom is 0.137 e. The van der Waals surface area contributed by atoms with E-state index in [1.54, 1.807) is 0 Å². The molecule has 0 atom stereocenters. The van der Waals surface area contributed by atoms with Gasteiger partial charge >= 0.3 is 0 Å². The first-order valence-electron chi connectivity index (χ1n) is 21.7. The van der Waals surface area contributed by atoms with Crippen LogP contribution in [0, 0.1) is 20.8 Å². The van der Waals surface area contributed by atoms with Crippen molar-refractivity contribution in [2.75, 3.05) is 0 Å². The van der Waals surface area contributed by atoms with Crippen molar-refractivity contribution in [2.45, 2.75) is 20.8 Å². The summed E-state index contributed by atoms with van der Waals surface area (Å²) in [5.74, 6) is 2.33. The average molecular weight is 825 g/mol. The zero-order valence-electron chi connectivity index (χ0n) is 35.9. The molecule has 0 N–H and O–H groups in total. The third-order valence-electron chi connectivity index (χ3n) is 12.2. The van der Waals surface area contributed by atoms with Gasteiger partial charge in [0.15, 0.2) is 0 Å². The van der Waals surface area contributed by atoms with Crippen LogP contribution in [0.25, 0.3) is 88.9 Å². The van der Waals surface area contributed by atoms with Crippen LogP contribution in [0.1, 0.15) is 17.0 Å². The van der Waals surface area contributed by atoms with E-state index in [0.717, 1.165) is 101 Å². The molecule has 3 aromatic heterocycles. The predicted molar refractivity (Wildman–Crippen MR) is 264 cm³/mol. The minimum atomic E-state index is 0.717. The van der Waals surface area contributed by atoms with E-state index < -0.39 is 0 Å². The second-order valence-electron chi connectivity index (χ2n) is 16.3. The van der Waals surface area contributed by atoms with E-state index in [1.807, 2.05) is 24.4 Å². The van der Waals surface area contributed by atoms with Crippen molar-refractivity contribution in [3.05, 3.63) is 229 Å². The van der Waals surface area contributed by atoms with Gasteiger partial charge in [-0.05, 0) is 119 Å². The lowest BCUT2D eigenvalue weighted by molar-refractivity contribution is 0.482. The number of hydrogen-bond acceptors (Lipinski definition) is 3. The Morgan fingerprint density at radius 3 is 1.61 bits per heavy atom. The fourth-order valence-corrected chi connectivity index (χ4v) is 9.41. The SMILES string of the molecule is Cc1ccnc(-n2c3ccccc3c3ccc(Oc4cccc(-n5nc(C)c(-c6c(-c7ccccc7)c(-c7ccccc7)cc(-c7ccccc7)c6-c6ccccc6)c5C)c4)cc32)c1. The first-order valence-corrected chi connectivity index (χ1v) is 21.7. The van der Waals surface area contributed by atoms with Crippen LogP contribution in [0.5, 0.6) is 11.5 Å². The smallest absolute Gasteiger partial charge is 0.137 e. The van der Waals surface area contributed by atoms with Crippen LogP contribution in [0.15, 0.2) is 212 Å². The van der Waals surface area contributed by atoms with Gasteiger partial charge in [-0.25, -0.2) is 9.67 Å². The summed E-state index contributed by atoms with van der Waals surface area (Å²) in [5.41, 5.74) is 17.7. The molecule has 64 heavy (non-hydrogen) atoms. The highest BCUT2D eigenvalue weighted by Gasteiger charge is 2.28. The fourth-order valence-electron chi connectivity index (χ4n) is 9.41. The maximum atomic E-state index is 6.73. The number of para-hydroxylation sites is 1. The summed E-state index contributed by atoms with van der Waals surface area (Å²) in [5, 5.41) is 7.66. The maximum absolute atomic E-state index is 6.73. The van der Waals surface area contributed by atoms with Crippen LogP contribution in [0.2, 0.25) is 0 Å². The molecule has 3 heterocycles. The highest BCUT2D eigenvalue weighted by molar-refractivity contribution is 6.10. The molecule has 306 valence electrons. The highest BCUT2D eigenvalue weighted by atomic mass is 16.5. The minimum Gasteiger partial charge on any atom is -0.457 e. The van der Waals surface area contributed by atoms with Gasteiger partial charge < -0.3 is 4.74 Å². The summed E-state index contributed by atoms with van der Waals surface area (Å²) in [6.07, 6.45) is 1.87. The molecule has 0 saturated carbocycles. The lowest BCUT2D eigenvalue weighted by atomic mass is 9.78. The van der Waals surface area contributed by atoms with E-state index in [1.165, 1.54) is 16.5 Å². The normalized spacial score (nSPS) is 11.4. The minimum absolute atomic E-state index is 0.717. The van der Waals surface area contributed by atoms with Crippen LogP contribution in [-0.2, 0) is 0 Å². The van der Waals surface area contributed by atoms with Gasteiger partial charge in [0.05, 0.1) is 22.4 Å². The van der Waals surface area contributed by atoms with Crippen LogP contribution in [0.4, 0.5) is 0 Å². The van der Waals surface area contributed by atoms with Gasteiger partial charge in [0.1, 0.15) is 17.3 Å². The Hall–Kier alpha value is -8.28. The summed E-state index contributed by atoms with van der Waals surface area (Å²) in [7, 11) is 0. The number of benzene rings is 8. The molecule has 0 spiro atoms. The number of nitrogens with zero attached hydrogens (tertiary/aromatic N) is 4. The third kappa shape index (κ3) is 6.84. The molecule has 0 radical (unpaired) electrons. The lowest BCUT2D eigenvalue weighted by Crippen LogP contribution is -2.01. The van der Waals surface area contributed by atoms with Crippen molar-refractivity contribution in [3.63, 3.8) is 0 Å². The summed E-state index contributed by atoms with van der Waals surface area (Å²) in [6, 6.07) is 72.7. The predicted octanol–water partition coefficient (Wildman–Crippen LogP) is 15.4. The van der Waals surface area contributed by atoms with E-state index in [-0.39, 0.29) is 0 Å². The Balaban J connectivity index is 1.09. The molecule has 5 heteroatoms. The van der Waals surface area contributed by atoms with Crippen molar-refractivity contribution in [3.8, 4) is 78.6 Å². The first-order chi connectivity index (χ1) is 31.5. The number of rotatable bonds is 9. The summed E-state index contributed by atoms with van der Waals surface area (Å²) in [6.45, 7) is 6.42. The summed E-state index contributed by atoms with van der Waals surface area (Å²) >= 11 is 0. The van der Waals surface area contributed by atoms with Crippen molar-refractivity contribution in [1.29, 1.82) is 0 Å². The van der Waals surface area contributed by atoms with Crippen molar-refractivity contribution in [2.24, 2.45) is 0 Å². The standard InChI is InChI=1S/C59H44N4O/c1-39-33-34-60-55(35-39)62-53-30-17-16-29-49(53)50-32-31-48(37-54(50)62)64-47-28-18-27-46(36-47)63-41(3)56(40(2)61-63)59-57(44-23-12-6-13-24-44)51(42-19-8-4-9-20-42)38-52(43-21-10-5-11-22-43)58(59)45-25-14-7-15-26-45/h4-38H,1-3H3. The molecule has 0 unspecified atom stereocenters. The number of aryl methyl sites for hydroxylation is 2. The lowest BCUT2D eigenvalue weighted by Gasteiger charge is -2.24. The van der Waals surface area contributed by atoms with Crippen LogP contribution >= 0.6 is 0 Å². The number of pyridine rings is 1. The monoisotopic (exact) mass is 824 g/mol. The van der Waals surface area contributed by atoms with E-state index in [0.29, 0.717) is 0 Å². The molecule has 11 rings (SSSR count). The van der Waals surface area contributed by atoms with E-state index in [4.69, 9.17) is 14.8 Å². The molecule has 0 saturated heterocycles. The van der Waals surface area contributed by atoms with Crippen LogP contribution in [-0.4, -0.2) is 19.3 Å². The fraction of sp³-hybridized carbons (Fsp3) is 0.0508. The molecule has 0 aliphatic carbocycles. The highest BCUT2D eigenvalue weighted by Crippen LogP contribution is 2.52. The van der Waals surface area contributed by atoms with Crippen LogP contribution in [0.3, 0.4) is 0 Å². The molecular weight excluding hydrogens is 781 g/mol. The van der Waals surface area contributed by atoms with E-state index >= 15 is 0 Å². The molecule has 11 aromatic rings. The Bertz CT molecular complexity index is 3380. The quantitative estimate of drug-likeness (QED) is 0.146. The zero-order valence-corrected chi connectivity index (χ0v) is 35.9. The van der Waals surface area contributed by atoms with Crippen molar-refractivity contribution < 1.29 is 4.74 Å². The van der Waals surface area contributed by atoms with Gasteiger partial charge in [-0.1, -0.05) is 146 Å². The molecular formula is C59H44N4O. The van der Waals surface area contributed by atoms with Crippen molar-refractivity contribution >= 4 is 21.8 Å². The van der Waals surface area contributed by atoms with Crippen molar-refractivity contribution in [1.82, 2.24) is 19.3 Å². The van der Waals surface area contributed by atoms with Gasteiger partial charge in [-0.3, -0.25) is 4.57 Å². The number of aromatic nitrogens is 4. The summed E-state index contributed by atoms with van der Waals surface area (Å²) < 4.78 is 11.0. The van der Waals surface area contributed by atoms with E-state index in [2.05, 4.69) is 218 Å². The number of fused-ring (bicyclic) bond motifs is 3. The Morgan fingerprint density at radius 1 is 0.422 bits per heavy atom. The number of ether oxygens (including phenoxy) is 1. The van der Waals surface area contributed by atoms with Gasteiger partial charge in [-0.2, -0.15) is 5.10 Å². The molecule has 0 aliphatic heterocycles. The second-order valence-corrected chi connectivity index (χ2v) is 16.3. The second kappa shape index (κ2) is 16.2. The molecule has 0 bridgehead atoms. The molecule has 0 fully saturated rings. The molecule has 8 aromatic carbocycles. The van der Waals surface area contributed by atoms with Gasteiger partial charge in [0, 0.05) is 45.9 Å². The molecule has 5 nitrogen and oxygen atoms in total. The summed E-state index contributed by atoms with van der Waals surface area (Å²) in [4.78, 5) is 4.78. The average Bonchev–Trinajstić information content (AvgIpc) is 3.83. The molecule has 0 amide bonds. The Labute approximate surface area is 373 Å². The number of hydrogen-bond donors (Lipinski definition) is 0. The van der Waals surface area contributed by atoms with Gasteiger partial charge in [0.25, 0.3) is 0 Å². The first kappa shape index (κ1) is 38.6. The van der Waals surface area contributed by atoms with E-state index in [9.17, 15) is 0 Å². The molecule has 0 aliphatic rings. The van der Waals surface area contributed by atoms with Gasteiger partial charge in [-0.15, -0.1) is 0 Å². The zero-order chi connectivity index (χ0) is 43.1. The van der Waals surface area contributed by atoms with Crippen LogP contribution < -0.4 is 4.74 Å². The Morgan fingerprint density at radius 2 is 0.984 bits per heavy atom. The van der Waals surface area contributed by atoms with Gasteiger partial charge in [0.2, 0.25) is 0 Å². The largest absolute Gasteiger partial charge is 0.457 e.